The number of piperidine rings is 1. The van der Waals surface area contributed by atoms with Crippen LogP contribution in [0.2, 0.25) is 0 Å². The lowest BCUT2D eigenvalue weighted by atomic mass is 9.79. The SMILES string of the molecule is CC(=O)N1CCCC2(CCN(Cc3ccsc3)C2)C1. The van der Waals surface area contributed by atoms with E-state index in [0.717, 1.165) is 26.2 Å². The summed E-state index contributed by atoms with van der Waals surface area (Å²) in [4.78, 5) is 16.2. The molecule has 3 rings (SSSR count). The van der Waals surface area contributed by atoms with E-state index in [2.05, 4.69) is 26.6 Å². The Bertz CT molecular complexity index is 445. The maximum atomic E-state index is 11.6. The van der Waals surface area contributed by atoms with Gasteiger partial charge in [-0.15, -0.1) is 0 Å². The van der Waals surface area contributed by atoms with Crippen LogP contribution in [0.15, 0.2) is 16.8 Å². The molecule has 2 fully saturated rings. The van der Waals surface area contributed by atoms with Crippen LogP contribution < -0.4 is 0 Å². The Balaban J connectivity index is 1.62. The summed E-state index contributed by atoms with van der Waals surface area (Å²) in [5.74, 6) is 0.246. The van der Waals surface area contributed by atoms with E-state index in [4.69, 9.17) is 0 Å². The van der Waals surface area contributed by atoms with Crippen molar-refractivity contribution >= 4 is 17.2 Å². The van der Waals surface area contributed by atoms with Gasteiger partial charge < -0.3 is 4.90 Å². The van der Waals surface area contributed by atoms with Gasteiger partial charge in [-0.1, -0.05) is 0 Å². The van der Waals surface area contributed by atoms with E-state index in [1.54, 1.807) is 18.3 Å². The molecule has 0 bridgehead atoms. The number of thiophene rings is 1. The summed E-state index contributed by atoms with van der Waals surface area (Å²) in [6, 6.07) is 2.22. The van der Waals surface area contributed by atoms with Gasteiger partial charge in [0, 0.05) is 38.5 Å². The van der Waals surface area contributed by atoms with Crippen LogP contribution in [0.5, 0.6) is 0 Å². The molecule has 0 N–H and O–H groups in total. The van der Waals surface area contributed by atoms with Gasteiger partial charge in [0.25, 0.3) is 0 Å². The number of likely N-dealkylation sites (tertiary alicyclic amines) is 2. The van der Waals surface area contributed by atoms with Gasteiger partial charge in [-0.3, -0.25) is 9.69 Å². The summed E-state index contributed by atoms with van der Waals surface area (Å²) in [5.41, 5.74) is 1.81. The average molecular weight is 278 g/mol. The molecule has 1 amide bonds. The van der Waals surface area contributed by atoms with Crippen LogP contribution in [0, 0.1) is 5.41 Å². The van der Waals surface area contributed by atoms with Gasteiger partial charge in [0.1, 0.15) is 0 Å². The smallest absolute Gasteiger partial charge is 0.219 e. The summed E-state index contributed by atoms with van der Waals surface area (Å²) < 4.78 is 0. The van der Waals surface area contributed by atoms with Crippen molar-refractivity contribution in [2.45, 2.75) is 32.7 Å². The molecule has 2 aliphatic rings. The molecule has 1 spiro atoms. The molecule has 1 unspecified atom stereocenters. The van der Waals surface area contributed by atoms with E-state index < -0.39 is 0 Å². The first-order valence-corrected chi connectivity index (χ1v) is 8.10. The summed E-state index contributed by atoms with van der Waals surface area (Å²) in [5, 5.41) is 4.40. The molecule has 1 aromatic heterocycles. The summed E-state index contributed by atoms with van der Waals surface area (Å²) in [6.07, 6.45) is 3.71. The van der Waals surface area contributed by atoms with E-state index in [0.29, 0.717) is 5.41 Å². The number of hydrogen-bond acceptors (Lipinski definition) is 3. The standard InChI is InChI=1S/C15H22N2OS/c1-13(18)17-6-2-4-15(12-17)5-7-16(11-15)9-14-3-8-19-10-14/h3,8,10H,2,4-7,9,11-12H2,1H3. The summed E-state index contributed by atoms with van der Waals surface area (Å²) in [7, 11) is 0. The maximum absolute atomic E-state index is 11.6. The van der Waals surface area contributed by atoms with Gasteiger partial charge in [-0.05, 0) is 48.2 Å². The lowest BCUT2D eigenvalue weighted by Crippen LogP contribution is -2.46. The van der Waals surface area contributed by atoms with Gasteiger partial charge in [0.2, 0.25) is 5.91 Å². The van der Waals surface area contributed by atoms with Crippen molar-refractivity contribution in [3.8, 4) is 0 Å². The number of hydrogen-bond donors (Lipinski definition) is 0. The molecule has 0 radical (unpaired) electrons. The van der Waals surface area contributed by atoms with Crippen molar-refractivity contribution in [3.05, 3.63) is 22.4 Å². The number of carbonyl (C=O) groups excluding carboxylic acids is 1. The second kappa shape index (κ2) is 5.25. The molecule has 3 nitrogen and oxygen atoms in total. The van der Waals surface area contributed by atoms with Crippen LogP contribution in [0.25, 0.3) is 0 Å². The largest absolute Gasteiger partial charge is 0.342 e. The van der Waals surface area contributed by atoms with Crippen LogP contribution in [-0.2, 0) is 11.3 Å². The van der Waals surface area contributed by atoms with Crippen molar-refractivity contribution in [1.29, 1.82) is 0 Å². The van der Waals surface area contributed by atoms with E-state index >= 15 is 0 Å². The highest BCUT2D eigenvalue weighted by atomic mass is 32.1. The Morgan fingerprint density at radius 2 is 2.26 bits per heavy atom. The minimum Gasteiger partial charge on any atom is -0.342 e. The van der Waals surface area contributed by atoms with Crippen LogP contribution in [0.1, 0.15) is 31.7 Å². The minimum atomic E-state index is 0.246. The second-order valence-electron chi connectivity index (χ2n) is 6.14. The molecule has 1 atom stereocenters. The topological polar surface area (TPSA) is 23.6 Å². The Hall–Kier alpha value is -0.870. The molecule has 0 saturated carbocycles. The fourth-order valence-electron chi connectivity index (χ4n) is 3.61. The molecule has 104 valence electrons. The number of amides is 1. The van der Waals surface area contributed by atoms with Gasteiger partial charge in [-0.2, -0.15) is 11.3 Å². The molecular weight excluding hydrogens is 256 g/mol. The molecule has 2 saturated heterocycles. The van der Waals surface area contributed by atoms with E-state index in [1.807, 2.05) is 0 Å². The third kappa shape index (κ3) is 2.84. The van der Waals surface area contributed by atoms with Crippen molar-refractivity contribution in [1.82, 2.24) is 9.80 Å². The maximum Gasteiger partial charge on any atom is 0.219 e. The first-order chi connectivity index (χ1) is 9.17. The molecule has 0 aromatic carbocycles. The number of carbonyl (C=O) groups is 1. The molecule has 2 aliphatic heterocycles. The molecule has 1 aromatic rings. The Morgan fingerprint density at radius 3 is 3.00 bits per heavy atom. The monoisotopic (exact) mass is 278 g/mol. The Kier molecular flexibility index (Phi) is 3.63. The predicted octanol–water partition coefficient (Wildman–Crippen LogP) is 2.58. The van der Waals surface area contributed by atoms with Crippen LogP contribution in [0.3, 0.4) is 0 Å². The summed E-state index contributed by atoms with van der Waals surface area (Å²) >= 11 is 1.77. The quantitative estimate of drug-likeness (QED) is 0.830. The highest BCUT2D eigenvalue weighted by molar-refractivity contribution is 7.07. The predicted molar refractivity (Wildman–Crippen MR) is 78.1 cm³/mol. The zero-order valence-corrected chi connectivity index (χ0v) is 12.4. The molecule has 4 heteroatoms. The Morgan fingerprint density at radius 1 is 1.37 bits per heavy atom. The van der Waals surface area contributed by atoms with Crippen molar-refractivity contribution in [2.75, 3.05) is 26.2 Å². The third-order valence-electron chi connectivity index (χ3n) is 4.61. The molecular formula is C15H22N2OS. The van der Waals surface area contributed by atoms with E-state index in [9.17, 15) is 4.79 Å². The van der Waals surface area contributed by atoms with Gasteiger partial charge in [0.15, 0.2) is 0 Å². The first-order valence-electron chi connectivity index (χ1n) is 7.16. The average Bonchev–Trinajstić information content (AvgIpc) is 3.01. The second-order valence-corrected chi connectivity index (χ2v) is 6.92. The normalized spacial score (nSPS) is 28.2. The number of nitrogens with zero attached hydrogens (tertiary/aromatic N) is 2. The van der Waals surface area contributed by atoms with Crippen LogP contribution in [-0.4, -0.2) is 41.9 Å². The lowest BCUT2D eigenvalue weighted by Gasteiger charge is -2.40. The van der Waals surface area contributed by atoms with Gasteiger partial charge in [-0.25, -0.2) is 0 Å². The van der Waals surface area contributed by atoms with Crippen LogP contribution in [0.4, 0.5) is 0 Å². The first kappa shape index (κ1) is 13.1. The highest BCUT2D eigenvalue weighted by Gasteiger charge is 2.41. The fraction of sp³-hybridized carbons (Fsp3) is 0.667. The van der Waals surface area contributed by atoms with Crippen molar-refractivity contribution in [2.24, 2.45) is 5.41 Å². The van der Waals surface area contributed by atoms with Crippen molar-refractivity contribution < 1.29 is 4.79 Å². The van der Waals surface area contributed by atoms with Crippen molar-refractivity contribution in [3.63, 3.8) is 0 Å². The van der Waals surface area contributed by atoms with E-state index in [-0.39, 0.29) is 5.91 Å². The minimum absolute atomic E-state index is 0.246. The van der Waals surface area contributed by atoms with Gasteiger partial charge in [0.05, 0.1) is 0 Å². The Labute approximate surface area is 119 Å². The molecule has 3 heterocycles. The van der Waals surface area contributed by atoms with Crippen LogP contribution >= 0.6 is 11.3 Å². The molecule has 19 heavy (non-hydrogen) atoms. The molecule has 0 aliphatic carbocycles. The number of rotatable bonds is 2. The lowest BCUT2D eigenvalue weighted by molar-refractivity contribution is -0.132. The van der Waals surface area contributed by atoms with E-state index in [1.165, 1.54) is 31.4 Å². The zero-order chi connectivity index (χ0) is 13.3. The summed E-state index contributed by atoms with van der Waals surface area (Å²) in [6.45, 7) is 7.06. The zero-order valence-electron chi connectivity index (χ0n) is 11.6. The fourth-order valence-corrected chi connectivity index (χ4v) is 4.27. The third-order valence-corrected chi connectivity index (χ3v) is 5.34. The van der Waals surface area contributed by atoms with Gasteiger partial charge >= 0.3 is 0 Å². The highest BCUT2D eigenvalue weighted by Crippen LogP contribution is 2.39.